The van der Waals surface area contributed by atoms with E-state index in [0.29, 0.717) is 0 Å². The van der Waals surface area contributed by atoms with Crippen molar-refractivity contribution >= 4 is 17.3 Å². The van der Waals surface area contributed by atoms with Crippen LogP contribution in [-0.4, -0.2) is 32.7 Å². The van der Waals surface area contributed by atoms with Crippen LogP contribution in [0.4, 0.5) is 0 Å². The number of rotatable bonds is 3. The molecule has 0 aliphatic carbocycles. The van der Waals surface area contributed by atoms with Gasteiger partial charge < -0.3 is 15.3 Å². The number of allylic oxidation sites excluding steroid dienone is 6. The van der Waals surface area contributed by atoms with Crippen molar-refractivity contribution in [3.8, 4) is 0 Å². The van der Waals surface area contributed by atoms with Gasteiger partial charge in [0.05, 0.1) is 17.3 Å². The smallest absolute Gasteiger partial charge is 0.155 e. The molecule has 0 aromatic carbocycles. The van der Waals surface area contributed by atoms with Crippen molar-refractivity contribution < 1.29 is 49.8 Å². The average molecular weight is 493 g/mol. The molecule has 0 rings (SSSR count). The first kappa shape index (κ1) is 28.4. The van der Waals surface area contributed by atoms with Gasteiger partial charge in [-0.05, 0) is 41.5 Å². The van der Waals surface area contributed by atoms with Gasteiger partial charge in [0.25, 0.3) is 0 Å². The summed E-state index contributed by atoms with van der Waals surface area (Å²) in [7, 11) is 0. The number of aliphatic hydroxyl groups excluding tert-OH is 3. The summed E-state index contributed by atoms with van der Waals surface area (Å²) in [5.74, 6) is -0.187. The Hall–Kier alpha value is -1.72. The molecule has 0 aromatic rings. The van der Waals surface area contributed by atoms with Crippen molar-refractivity contribution in [3.05, 3.63) is 35.5 Å². The molecule has 0 aliphatic rings. The fraction of sp³-hybridized carbons (Fsp3) is 0.400. The maximum atomic E-state index is 10.0. The molecule has 22 heavy (non-hydrogen) atoms. The molecule has 7 heteroatoms. The Bertz CT molecular complexity index is 368. The quantitative estimate of drug-likeness (QED) is 0.412. The molecule has 129 valence electrons. The molecule has 0 aromatic heterocycles. The van der Waals surface area contributed by atoms with Crippen molar-refractivity contribution in [1.82, 2.24) is 0 Å². The molecule has 0 aliphatic heterocycles. The van der Waals surface area contributed by atoms with Crippen molar-refractivity contribution in [2.24, 2.45) is 0 Å². The first-order valence-electron chi connectivity index (χ1n) is 6.02. The molecule has 0 bridgehead atoms. The van der Waals surface area contributed by atoms with Gasteiger partial charge in [0, 0.05) is 38.3 Å². The second-order valence-electron chi connectivity index (χ2n) is 4.19. The van der Waals surface area contributed by atoms with Gasteiger partial charge in [-0.3, -0.25) is 14.4 Å². The van der Waals surface area contributed by atoms with Crippen LogP contribution in [0.3, 0.4) is 0 Å². The van der Waals surface area contributed by atoms with Gasteiger partial charge in [0.2, 0.25) is 0 Å². The molecule has 0 amide bonds. The molecule has 3 N–H and O–H groups in total. The molecule has 0 atom stereocenters. The van der Waals surface area contributed by atoms with Crippen LogP contribution in [0.25, 0.3) is 0 Å². The Morgan fingerprint density at radius 2 is 0.682 bits per heavy atom. The average Bonchev–Trinajstić information content (AvgIpc) is 2.10. The van der Waals surface area contributed by atoms with E-state index in [0.717, 1.165) is 0 Å². The van der Waals surface area contributed by atoms with Crippen molar-refractivity contribution in [2.45, 2.75) is 41.5 Å². The third-order valence-electron chi connectivity index (χ3n) is 1.24. The predicted octanol–water partition coefficient (Wildman–Crippen LogP) is 3.11. The summed E-state index contributed by atoms with van der Waals surface area (Å²) in [6.45, 7) is 8.54. The van der Waals surface area contributed by atoms with Crippen LogP contribution in [0, 0.1) is 0 Å². The summed E-state index contributed by atoms with van der Waals surface area (Å²) < 4.78 is 0. The zero-order chi connectivity index (χ0) is 17.6. The molecule has 0 spiro atoms. The normalized spacial score (nSPS) is 10.9. The number of hydrogen-bond donors (Lipinski definition) is 3. The van der Waals surface area contributed by atoms with Gasteiger partial charge >= 0.3 is 0 Å². The molecular weight excluding hydrogens is 468 g/mol. The maximum Gasteiger partial charge on any atom is 0.155 e. The van der Waals surface area contributed by atoms with Crippen molar-refractivity contribution in [1.29, 1.82) is 0 Å². The molecule has 0 unspecified atom stereocenters. The Kier molecular flexibility index (Phi) is 22.4. The summed E-state index contributed by atoms with van der Waals surface area (Å²) in [6, 6.07) is 0. The molecule has 6 nitrogen and oxygen atoms in total. The molecule has 0 heterocycles. The van der Waals surface area contributed by atoms with Gasteiger partial charge in [-0.1, -0.05) is 0 Å². The van der Waals surface area contributed by atoms with Crippen LogP contribution < -0.4 is 0 Å². The standard InChI is InChI=1S/3C5H8O2.Ir/c3*1-4(6)3-5(2)7;/h3*3,6H,1-2H3;/b3*4-3+;. The summed E-state index contributed by atoms with van der Waals surface area (Å²) in [5.41, 5.74) is 0. The minimum atomic E-state index is -0.125. The number of aliphatic hydroxyl groups is 3. The molecule has 0 saturated carbocycles. The van der Waals surface area contributed by atoms with Crippen molar-refractivity contribution in [3.63, 3.8) is 0 Å². The summed E-state index contributed by atoms with van der Waals surface area (Å²) in [6.07, 6.45) is 3.50. The monoisotopic (exact) mass is 493 g/mol. The van der Waals surface area contributed by atoms with Crippen molar-refractivity contribution in [2.75, 3.05) is 0 Å². The van der Waals surface area contributed by atoms with Gasteiger partial charge in [0.15, 0.2) is 17.3 Å². The van der Waals surface area contributed by atoms with E-state index in [4.69, 9.17) is 15.3 Å². The minimum Gasteiger partial charge on any atom is -0.512 e. The Labute approximate surface area is 144 Å². The van der Waals surface area contributed by atoms with E-state index in [1.807, 2.05) is 0 Å². The fourth-order valence-corrected chi connectivity index (χ4v) is 0.882. The van der Waals surface area contributed by atoms with Crippen LogP contribution in [0.15, 0.2) is 35.5 Å². The van der Waals surface area contributed by atoms with Gasteiger partial charge in [0.1, 0.15) is 0 Å². The van der Waals surface area contributed by atoms with Crippen LogP contribution in [0.1, 0.15) is 41.5 Å². The molecule has 0 fully saturated rings. The van der Waals surface area contributed by atoms with Gasteiger partial charge in [-0.25, -0.2) is 0 Å². The van der Waals surface area contributed by atoms with Crippen LogP contribution in [0.2, 0.25) is 0 Å². The number of carbonyl (C=O) groups excluding carboxylic acids is 3. The fourth-order valence-electron chi connectivity index (χ4n) is 0.882. The molecule has 0 saturated heterocycles. The van der Waals surface area contributed by atoms with Crippen LogP contribution in [0.5, 0.6) is 0 Å². The van der Waals surface area contributed by atoms with Crippen LogP contribution in [-0.2, 0) is 34.5 Å². The van der Waals surface area contributed by atoms with Gasteiger partial charge in [-0.2, -0.15) is 0 Å². The molecule has 1 radical (unpaired) electrons. The van der Waals surface area contributed by atoms with Gasteiger partial charge in [-0.15, -0.1) is 0 Å². The van der Waals surface area contributed by atoms with E-state index in [-0.39, 0.29) is 54.7 Å². The van der Waals surface area contributed by atoms with Crippen LogP contribution >= 0.6 is 0 Å². The zero-order valence-electron chi connectivity index (χ0n) is 13.6. The first-order valence-corrected chi connectivity index (χ1v) is 6.02. The summed E-state index contributed by atoms with van der Waals surface area (Å²) >= 11 is 0. The van der Waals surface area contributed by atoms with E-state index >= 15 is 0 Å². The summed E-state index contributed by atoms with van der Waals surface area (Å²) in [5, 5.41) is 25.1. The topological polar surface area (TPSA) is 112 Å². The minimum absolute atomic E-state index is 0. The van der Waals surface area contributed by atoms with E-state index in [1.165, 1.54) is 59.8 Å². The number of carbonyl (C=O) groups is 3. The van der Waals surface area contributed by atoms with E-state index in [9.17, 15) is 14.4 Å². The zero-order valence-corrected chi connectivity index (χ0v) is 16.0. The Balaban J connectivity index is -0.000000108. The summed E-state index contributed by atoms with van der Waals surface area (Å²) in [4.78, 5) is 30.1. The number of hydrogen-bond acceptors (Lipinski definition) is 6. The second-order valence-corrected chi connectivity index (χ2v) is 4.19. The second kappa shape index (κ2) is 17.3. The molecular formula is C15H24IrO6. The van der Waals surface area contributed by atoms with E-state index < -0.39 is 0 Å². The third-order valence-corrected chi connectivity index (χ3v) is 1.24. The maximum absolute atomic E-state index is 10.0. The SMILES string of the molecule is CC(=O)/C=C(\C)O.CC(=O)/C=C(\C)O.CC(=O)/C=C(\C)O.[Ir]. The predicted molar refractivity (Wildman–Crippen MR) is 81.2 cm³/mol. The van der Waals surface area contributed by atoms with E-state index in [1.54, 1.807) is 0 Å². The number of ketones is 3. The third kappa shape index (κ3) is 51.7. The Morgan fingerprint density at radius 1 is 0.545 bits per heavy atom. The first-order chi connectivity index (χ1) is 9.38. The Morgan fingerprint density at radius 3 is 0.682 bits per heavy atom. The largest absolute Gasteiger partial charge is 0.512 e. The van der Waals surface area contributed by atoms with E-state index in [2.05, 4.69) is 0 Å².